The maximum atomic E-state index is 13.8. The Bertz CT molecular complexity index is 1450. The fraction of sp³-hybridized carbons (Fsp3) is 0.276. The van der Waals surface area contributed by atoms with Crippen LogP contribution in [0.15, 0.2) is 77.6 Å². The zero-order valence-electron chi connectivity index (χ0n) is 22.0. The third kappa shape index (κ3) is 5.47. The van der Waals surface area contributed by atoms with Crippen molar-refractivity contribution >= 4 is 22.6 Å². The first-order valence-electron chi connectivity index (χ1n) is 12.4. The van der Waals surface area contributed by atoms with Gasteiger partial charge in [0.1, 0.15) is 17.3 Å². The molecule has 0 radical (unpaired) electrons. The zero-order chi connectivity index (χ0) is 27.1. The van der Waals surface area contributed by atoms with Crippen LogP contribution in [0.4, 0.5) is 10.5 Å². The van der Waals surface area contributed by atoms with E-state index in [4.69, 9.17) is 19.2 Å². The van der Waals surface area contributed by atoms with E-state index in [1.807, 2.05) is 31.2 Å². The molecule has 1 atom stereocenters. The van der Waals surface area contributed by atoms with Gasteiger partial charge in [0.25, 0.3) is 5.56 Å². The number of anilines is 1. The maximum absolute atomic E-state index is 13.8. The fourth-order valence-electron chi connectivity index (χ4n) is 4.42. The summed E-state index contributed by atoms with van der Waals surface area (Å²) in [5, 5.41) is 3.45. The Balaban J connectivity index is 1.86. The first-order chi connectivity index (χ1) is 18.5. The number of benzene rings is 3. The molecule has 1 aromatic heterocycles. The van der Waals surface area contributed by atoms with E-state index in [0.29, 0.717) is 52.6 Å². The highest BCUT2D eigenvalue weighted by Gasteiger charge is 2.29. The minimum atomic E-state index is -0.542. The summed E-state index contributed by atoms with van der Waals surface area (Å²) in [6.07, 6.45) is 0.504. The average Bonchev–Trinajstić information content (AvgIpc) is 2.95. The molecule has 1 unspecified atom stereocenters. The van der Waals surface area contributed by atoms with Crippen LogP contribution in [0.25, 0.3) is 16.6 Å². The molecule has 2 amide bonds. The lowest BCUT2D eigenvalue weighted by Crippen LogP contribution is -2.42. The van der Waals surface area contributed by atoms with E-state index in [2.05, 4.69) is 5.32 Å². The lowest BCUT2D eigenvalue weighted by molar-refractivity contribution is 0.131. The third-order valence-corrected chi connectivity index (χ3v) is 6.34. The van der Waals surface area contributed by atoms with Crippen molar-refractivity contribution in [1.82, 2.24) is 14.5 Å². The Hall–Kier alpha value is -4.37. The van der Waals surface area contributed by atoms with Gasteiger partial charge in [0, 0.05) is 13.7 Å². The maximum Gasteiger partial charge on any atom is 0.322 e. The SMILES string of the molecule is CCC(c1nc2ccccc2c(=O)n1-c1ccc(OC)cc1)N(CCOC)C(=O)Nc1ccccc1OC. The molecule has 4 rings (SSSR count). The summed E-state index contributed by atoms with van der Waals surface area (Å²) in [5.74, 6) is 1.66. The van der Waals surface area contributed by atoms with Gasteiger partial charge in [-0.1, -0.05) is 31.2 Å². The van der Waals surface area contributed by atoms with Crippen molar-refractivity contribution in [3.8, 4) is 17.2 Å². The van der Waals surface area contributed by atoms with Crippen molar-refractivity contribution in [2.45, 2.75) is 19.4 Å². The van der Waals surface area contributed by atoms with Gasteiger partial charge in [-0.25, -0.2) is 9.78 Å². The second-order valence-corrected chi connectivity index (χ2v) is 8.57. The molecule has 9 nitrogen and oxygen atoms in total. The van der Waals surface area contributed by atoms with Crippen molar-refractivity contribution in [3.63, 3.8) is 0 Å². The molecule has 0 fully saturated rings. The topological polar surface area (TPSA) is 94.9 Å². The molecule has 0 spiro atoms. The number of hydrogen-bond acceptors (Lipinski definition) is 6. The molecular formula is C29H32N4O5. The van der Waals surface area contributed by atoms with Crippen LogP contribution < -0.4 is 20.3 Å². The van der Waals surface area contributed by atoms with Gasteiger partial charge in [0.2, 0.25) is 0 Å². The van der Waals surface area contributed by atoms with Gasteiger partial charge in [0.15, 0.2) is 0 Å². The highest BCUT2D eigenvalue weighted by Crippen LogP contribution is 2.29. The Morgan fingerprint density at radius 3 is 2.37 bits per heavy atom. The minimum absolute atomic E-state index is 0.217. The number of hydrogen-bond donors (Lipinski definition) is 1. The monoisotopic (exact) mass is 516 g/mol. The molecule has 0 aliphatic heterocycles. The van der Waals surface area contributed by atoms with Crippen molar-refractivity contribution in [2.24, 2.45) is 0 Å². The van der Waals surface area contributed by atoms with Crippen molar-refractivity contribution in [3.05, 3.63) is 89.0 Å². The first kappa shape index (κ1) is 26.7. The number of amides is 2. The van der Waals surface area contributed by atoms with Gasteiger partial charge < -0.3 is 24.4 Å². The minimum Gasteiger partial charge on any atom is -0.497 e. The van der Waals surface area contributed by atoms with Crippen molar-refractivity contribution in [1.29, 1.82) is 0 Å². The number of carbonyl (C=O) groups excluding carboxylic acids is 1. The van der Waals surface area contributed by atoms with Gasteiger partial charge in [0.05, 0.1) is 49.1 Å². The van der Waals surface area contributed by atoms with E-state index in [1.54, 1.807) is 79.3 Å². The second-order valence-electron chi connectivity index (χ2n) is 8.57. The summed E-state index contributed by atoms with van der Waals surface area (Å²) >= 11 is 0. The van der Waals surface area contributed by atoms with Crippen molar-refractivity contribution in [2.75, 3.05) is 39.8 Å². The highest BCUT2D eigenvalue weighted by atomic mass is 16.5. The molecule has 0 saturated carbocycles. The molecule has 0 aliphatic carbocycles. The summed E-state index contributed by atoms with van der Waals surface area (Å²) in [4.78, 5) is 34.1. The number of rotatable bonds is 10. The molecule has 38 heavy (non-hydrogen) atoms. The quantitative estimate of drug-likeness (QED) is 0.318. The number of nitrogens with zero attached hydrogens (tertiary/aromatic N) is 3. The van der Waals surface area contributed by atoms with Gasteiger partial charge >= 0.3 is 6.03 Å². The van der Waals surface area contributed by atoms with Crippen LogP contribution in [0, 0.1) is 0 Å². The number of fused-ring (bicyclic) bond motifs is 1. The van der Waals surface area contributed by atoms with Crippen LogP contribution >= 0.6 is 0 Å². The zero-order valence-corrected chi connectivity index (χ0v) is 22.0. The van der Waals surface area contributed by atoms with E-state index >= 15 is 0 Å². The highest BCUT2D eigenvalue weighted by molar-refractivity contribution is 5.91. The average molecular weight is 517 g/mol. The van der Waals surface area contributed by atoms with Crippen LogP contribution in [-0.2, 0) is 4.74 Å². The Morgan fingerprint density at radius 2 is 1.68 bits per heavy atom. The second kappa shape index (κ2) is 12.2. The molecule has 0 aliphatic rings. The van der Waals surface area contributed by atoms with Crippen LogP contribution in [0.1, 0.15) is 25.2 Å². The summed E-state index contributed by atoms with van der Waals surface area (Å²) in [5.41, 5.74) is 1.51. The molecule has 1 N–H and O–H groups in total. The molecule has 0 bridgehead atoms. The number of aromatic nitrogens is 2. The van der Waals surface area contributed by atoms with E-state index in [-0.39, 0.29) is 18.1 Å². The van der Waals surface area contributed by atoms with Gasteiger partial charge in [-0.05, 0) is 55.0 Å². The van der Waals surface area contributed by atoms with E-state index in [0.717, 1.165) is 0 Å². The first-order valence-corrected chi connectivity index (χ1v) is 12.4. The number of ether oxygens (including phenoxy) is 3. The largest absolute Gasteiger partial charge is 0.497 e. The van der Waals surface area contributed by atoms with Crippen LogP contribution in [0.3, 0.4) is 0 Å². The smallest absolute Gasteiger partial charge is 0.322 e. The number of para-hydroxylation sites is 3. The predicted molar refractivity (Wildman–Crippen MR) is 148 cm³/mol. The molecular weight excluding hydrogens is 484 g/mol. The van der Waals surface area contributed by atoms with Crippen LogP contribution in [-0.4, -0.2) is 55.0 Å². The third-order valence-electron chi connectivity index (χ3n) is 6.34. The Morgan fingerprint density at radius 1 is 0.974 bits per heavy atom. The fourth-order valence-corrected chi connectivity index (χ4v) is 4.42. The summed E-state index contributed by atoms with van der Waals surface area (Å²) < 4.78 is 17.6. The lowest BCUT2D eigenvalue weighted by atomic mass is 10.1. The standard InChI is InChI=1S/C29H32N4O5/c1-5-25(32(18-19-36-2)29(35)31-24-12-8-9-13-26(24)38-4)27-30-23-11-7-6-10-22(23)28(34)33(27)20-14-16-21(37-3)17-15-20/h6-17,25H,5,18-19H2,1-4H3,(H,31,35). The predicted octanol–water partition coefficient (Wildman–Crippen LogP) is 5.03. The summed E-state index contributed by atoms with van der Waals surface area (Å²) in [6.45, 7) is 2.54. The van der Waals surface area contributed by atoms with Gasteiger partial charge in [-0.3, -0.25) is 9.36 Å². The lowest BCUT2D eigenvalue weighted by Gasteiger charge is -2.32. The normalized spacial score (nSPS) is 11.7. The van der Waals surface area contributed by atoms with E-state index in [1.165, 1.54) is 0 Å². The molecule has 3 aromatic carbocycles. The van der Waals surface area contributed by atoms with Gasteiger partial charge in [-0.2, -0.15) is 0 Å². The Kier molecular flexibility index (Phi) is 8.60. The molecule has 4 aromatic rings. The van der Waals surface area contributed by atoms with Gasteiger partial charge in [-0.15, -0.1) is 0 Å². The van der Waals surface area contributed by atoms with Crippen molar-refractivity contribution < 1.29 is 19.0 Å². The summed E-state index contributed by atoms with van der Waals surface area (Å²) in [6, 6.07) is 20.7. The van der Waals surface area contributed by atoms with E-state index in [9.17, 15) is 9.59 Å². The molecule has 198 valence electrons. The number of nitrogens with one attached hydrogen (secondary N) is 1. The number of carbonyl (C=O) groups is 1. The van der Waals surface area contributed by atoms with Crippen LogP contribution in [0.5, 0.6) is 11.5 Å². The Labute approximate surface area is 221 Å². The van der Waals surface area contributed by atoms with E-state index < -0.39 is 6.04 Å². The molecule has 1 heterocycles. The number of methoxy groups -OCH3 is 3. The molecule has 0 saturated heterocycles. The number of urea groups is 1. The molecule has 9 heteroatoms. The summed E-state index contributed by atoms with van der Waals surface area (Å²) in [7, 11) is 4.72. The van der Waals surface area contributed by atoms with Crippen LogP contribution in [0.2, 0.25) is 0 Å².